The molecule has 6 heteroatoms. The molecule has 0 heterocycles. The average molecular weight is 270 g/mol. The second-order valence-electron chi connectivity index (χ2n) is 3.99. The molecule has 0 atom stereocenters. The van der Waals surface area contributed by atoms with E-state index in [4.69, 9.17) is 9.47 Å². The van der Waals surface area contributed by atoms with Crippen LogP contribution in [0, 0.1) is 0 Å². The summed E-state index contributed by atoms with van der Waals surface area (Å²) in [5.74, 6) is 1.07. The monoisotopic (exact) mass is 270 g/mol. The van der Waals surface area contributed by atoms with E-state index in [1.165, 1.54) is 0 Å². The van der Waals surface area contributed by atoms with E-state index in [9.17, 15) is 9.18 Å². The highest BCUT2D eigenvalue weighted by atomic mass is 19.1. The maximum absolute atomic E-state index is 12.0. The van der Waals surface area contributed by atoms with Gasteiger partial charge in [-0.15, -0.1) is 0 Å². The van der Waals surface area contributed by atoms with Crippen LogP contribution in [0.3, 0.4) is 0 Å². The third-order valence-electron chi connectivity index (χ3n) is 2.44. The van der Waals surface area contributed by atoms with Crippen molar-refractivity contribution in [1.29, 1.82) is 0 Å². The van der Waals surface area contributed by atoms with Gasteiger partial charge >= 0.3 is 0 Å². The molecule has 0 saturated carbocycles. The van der Waals surface area contributed by atoms with Crippen molar-refractivity contribution in [3.63, 3.8) is 0 Å². The Hall–Kier alpha value is -1.82. The lowest BCUT2D eigenvalue weighted by Gasteiger charge is -2.15. The molecule has 19 heavy (non-hydrogen) atoms. The molecule has 0 unspecified atom stereocenters. The molecular formula is C13H19FN2O3. The number of amides is 1. The van der Waals surface area contributed by atoms with Crippen molar-refractivity contribution in [2.45, 2.75) is 0 Å². The van der Waals surface area contributed by atoms with Crippen LogP contribution < -0.4 is 14.8 Å². The largest absolute Gasteiger partial charge is 0.497 e. The van der Waals surface area contributed by atoms with E-state index >= 15 is 0 Å². The Morgan fingerprint density at radius 1 is 1.32 bits per heavy atom. The van der Waals surface area contributed by atoms with Gasteiger partial charge in [0.25, 0.3) is 5.91 Å². The number of hydrogen-bond acceptors (Lipinski definition) is 4. The van der Waals surface area contributed by atoms with Gasteiger partial charge < -0.3 is 14.8 Å². The van der Waals surface area contributed by atoms with Crippen molar-refractivity contribution < 1.29 is 18.7 Å². The normalized spacial score (nSPS) is 10.3. The number of carbonyl (C=O) groups is 1. The summed E-state index contributed by atoms with van der Waals surface area (Å²) in [6.45, 7) is 0.0822. The van der Waals surface area contributed by atoms with Gasteiger partial charge in [0.15, 0.2) is 6.61 Å². The summed E-state index contributed by atoms with van der Waals surface area (Å²) in [6.07, 6.45) is 0. The third-order valence-corrected chi connectivity index (χ3v) is 2.44. The highest BCUT2D eigenvalue weighted by Crippen LogP contribution is 2.16. The predicted octanol–water partition coefficient (Wildman–Crippen LogP) is 1.05. The van der Waals surface area contributed by atoms with E-state index in [1.54, 1.807) is 43.3 Å². The van der Waals surface area contributed by atoms with Crippen LogP contribution in [-0.4, -0.2) is 51.5 Å². The van der Waals surface area contributed by atoms with Crippen LogP contribution in [0.15, 0.2) is 24.3 Å². The Labute approximate surface area is 112 Å². The van der Waals surface area contributed by atoms with Crippen LogP contribution in [0.1, 0.15) is 0 Å². The van der Waals surface area contributed by atoms with Crippen LogP contribution in [-0.2, 0) is 4.79 Å². The first kappa shape index (κ1) is 15.2. The number of benzene rings is 1. The van der Waals surface area contributed by atoms with Crippen LogP contribution >= 0.6 is 0 Å². The van der Waals surface area contributed by atoms with E-state index in [0.717, 1.165) is 5.75 Å². The van der Waals surface area contributed by atoms with Crippen LogP contribution in [0.5, 0.6) is 11.5 Å². The summed E-state index contributed by atoms with van der Waals surface area (Å²) < 4.78 is 22.3. The molecule has 106 valence electrons. The molecule has 0 fully saturated rings. The van der Waals surface area contributed by atoms with Crippen molar-refractivity contribution in [1.82, 2.24) is 10.2 Å². The van der Waals surface area contributed by atoms with E-state index in [-0.39, 0.29) is 12.5 Å². The summed E-state index contributed by atoms with van der Waals surface area (Å²) >= 11 is 0. The predicted molar refractivity (Wildman–Crippen MR) is 70.1 cm³/mol. The lowest BCUT2D eigenvalue weighted by atomic mass is 10.3. The fourth-order valence-corrected chi connectivity index (χ4v) is 1.32. The smallest absolute Gasteiger partial charge is 0.258 e. The fraction of sp³-hybridized carbons (Fsp3) is 0.462. The van der Waals surface area contributed by atoms with Gasteiger partial charge in [0.05, 0.1) is 13.8 Å². The average Bonchev–Trinajstić information content (AvgIpc) is 2.44. The molecule has 0 radical (unpaired) electrons. The van der Waals surface area contributed by atoms with Gasteiger partial charge in [0, 0.05) is 6.54 Å². The van der Waals surface area contributed by atoms with Gasteiger partial charge in [-0.2, -0.15) is 0 Å². The van der Waals surface area contributed by atoms with Crippen molar-refractivity contribution in [2.75, 3.05) is 40.7 Å². The molecule has 0 spiro atoms. The molecule has 1 aromatic rings. The topological polar surface area (TPSA) is 50.8 Å². The van der Waals surface area contributed by atoms with Gasteiger partial charge in [0.1, 0.15) is 18.2 Å². The van der Waals surface area contributed by atoms with E-state index in [2.05, 4.69) is 5.32 Å². The lowest BCUT2D eigenvalue weighted by molar-refractivity contribution is -0.123. The molecule has 0 aromatic heterocycles. The summed E-state index contributed by atoms with van der Waals surface area (Å²) in [5, 5.41) is 2.63. The first-order valence-corrected chi connectivity index (χ1v) is 5.93. The molecule has 1 rings (SSSR count). The van der Waals surface area contributed by atoms with Crippen molar-refractivity contribution in [3.8, 4) is 11.5 Å². The molecule has 5 nitrogen and oxygen atoms in total. The van der Waals surface area contributed by atoms with Gasteiger partial charge in [-0.25, -0.2) is 4.39 Å². The number of rotatable bonds is 8. The number of methoxy groups -OCH3 is 1. The third kappa shape index (κ3) is 6.05. The molecule has 0 aliphatic rings. The van der Waals surface area contributed by atoms with Crippen molar-refractivity contribution in [2.24, 2.45) is 0 Å². The summed E-state index contributed by atoms with van der Waals surface area (Å²) in [6, 6.07) is 6.95. The Balaban J connectivity index is 2.25. The maximum Gasteiger partial charge on any atom is 0.258 e. The standard InChI is InChI=1S/C13H19FN2O3/c1-16(8-7-14)10-15-13(17)9-19-12-5-3-11(18-2)4-6-12/h3-6H,7-10H2,1-2H3,(H,15,17). The summed E-state index contributed by atoms with van der Waals surface area (Å²) in [7, 11) is 3.31. The zero-order valence-electron chi connectivity index (χ0n) is 11.2. The Bertz CT molecular complexity index is 384. The number of nitrogens with zero attached hydrogens (tertiary/aromatic N) is 1. The van der Waals surface area contributed by atoms with Crippen molar-refractivity contribution >= 4 is 5.91 Å². The number of ether oxygens (including phenoxy) is 2. The van der Waals surface area contributed by atoms with E-state index < -0.39 is 6.67 Å². The molecule has 0 aliphatic heterocycles. The molecule has 1 N–H and O–H groups in total. The van der Waals surface area contributed by atoms with Crippen LogP contribution in [0.4, 0.5) is 4.39 Å². The minimum Gasteiger partial charge on any atom is -0.497 e. The second kappa shape index (κ2) is 8.31. The minimum absolute atomic E-state index is 0.0736. The molecule has 0 saturated heterocycles. The molecule has 0 bridgehead atoms. The SMILES string of the molecule is COc1ccc(OCC(=O)NCN(C)CCF)cc1. The fourth-order valence-electron chi connectivity index (χ4n) is 1.32. The number of hydrogen-bond donors (Lipinski definition) is 1. The minimum atomic E-state index is -0.436. The summed E-state index contributed by atoms with van der Waals surface area (Å²) in [5.41, 5.74) is 0. The van der Waals surface area contributed by atoms with Crippen molar-refractivity contribution in [3.05, 3.63) is 24.3 Å². The Kier molecular flexibility index (Phi) is 6.67. The van der Waals surface area contributed by atoms with Gasteiger partial charge in [-0.05, 0) is 31.3 Å². The highest BCUT2D eigenvalue weighted by molar-refractivity contribution is 5.77. The lowest BCUT2D eigenvalue weighted by Crippen LogP contribution is -2.38. The zero-order chi connectivity index (χ0) is 14.1. The molecule has 1 amide bonds. The van der Waals surface area contributed by atoms with Gasteiger partial charge in [-0.1, -0.05) is 0 Å². The first-order valence-electron chi connectivity index (χ1n) is 5.93. The number of alkyl halides is 1. The zero-order valence-corrected chi connectivity index (χ0v) is 11.2. The number of halogens is 1. The Morgan fingerprint density at radius 3 is 2.53 bits per heavy atom. The van der Waals surface area contributed by atoms with Crippen LogP contribution in [0.2, 0.25) is 0 Å². The Morgan fingerprint density at radius 2 is 1.95 bits per heavy atom. The quantitative estimate of drug-likeness (QED) is 0.717. The number of carbonyl (C=O) groups excluding carboxylic acids is 1. The van der Waals surface area contributed by atoms with E-state index in [1.807, 2.05) is 0 Å². The number of nitrogens with one attached hydrogen (secondary N) is 1. The van der Waals surface area contributed by atoms with Gasteiger partial charge in [-0.3, -0.25) is 9.69 Å². The summed E-state index contributed by atoms with van der Waals surface area (Å²) in [4.78, 5) is 13.1. The van der Waals surface area contributed by atoms with Gasteiger partial charge in [0.2, 0.25) is 0 Å². The van der Waals surface area contributed by atoms with E-state index in [0.29, 0.717) is 19.0 Å². The van der Waals surface area contributed by atoms with Crippen LogP contribution in [0.25, 0.3) is 0 Å². The second-order valence-corrected chi connectivity index (χ2v) is 3.99. The molecule has 0 aliphatic carbocycles. The maximum atomic E-state index is 12.0. The first-order chi connectivity index (χ1) is 9.15. The molecular weight excluding hydrogens is 251 g/mol. The highest BCUT2D eigenvalue weighted by Gasteiger charge is 2.04. The molecule has 1 aromatic carbocycles.